The first-order valence-corrected chi connectivity index (χ1v) is 8.02. The van der Waals surface area contributed by atoms with Gasteiger partial charge in [-0.05, 0) is 51.9 Å². The lowest BCUT2D eigenvalue weighted by atomic mass is 9.99. The first-order valence-electron chi connectivity index (χ1n) is 6.94. The second kappa shape index (κ2) is 6.58. The smallest absolute Gasteiger partial charge is 0.251 e. The third kappa shape index (κ3) is 3.63. The molecule has 2 aromatic carbocycles. The maximum Gasteiger partial charge on any atom is 0.251 e. The Hall–Kier alpha value is -1.40. The number of fused-ring (bicyclic) bond motifs is 1. The number of halogens is 1. The third-order valence-corrected chi connectivity index (χ3v) is 4.29. The molecule has 1 atom stereocenters. The standard InChI is InChI=1S/C17H16INO2/c18-15-7-3-6-13(8-15)17(20)19-10-16-9-12-4-1-2-5-14(12)11-21-16/h1-8,16H,9-11H2,(H,19,20). The predicted molar refractivity (Wildman–Crippen MR) is 90.2 cm³/mol. The summed E-state index contributed by atoms with van der Waals surface area (Å²) in [7, 11) is 0. The van der Waals surface area contributed by atoms with Crippen molar-refractivity contribution in [1.29, 1.82) is 0 Å². The van der Waals surface area contributed by atoms with Crippen molar-refractivity contribution in [2.45, 2.75) is 19.1 Å². The van der Waals surface area contributed by atoms with E-state index in [-0.39, 0.29) is 12.0 Å². The van der Waals surface area contributed by atoms with Gasteiger partial charge in [0.05, 0.1) is 12.7 Å². The minimum atomic E-state index is -0.0454. The highest BCUT2D eigenvalue weighted by Crippen LogP contribution is 2.19. The van der Waals surface area contributed by atoms with E-state index in [9.17, 15) is 4.79 Å². The summed E-state index contributed by atoms with van der Waals surface area (Å²) in [5.74, 6) is -0.0454. The molecule has 4 heteroatoms. The first-order chi connectivity index (χ1) is 10.2. The van der Waals surface area contributed by atoms with Crippen molar-refractivity contribution >= 4 is 28.5 Å². The molecular formula is C17H16INO2. The van der Waals surface area contributed by atoms with Crippen LogP contribution in [0.15, 0.2) is 48.5 Å². The molecule has 0 radical (unpaired) electrons. The zero-order chi connectivity index (χ0) is 14.7. The van der Waals surface area contributed by atoms with Crippen molar-refractivity contribution in [2.24, 2.45) is 0 Å². The Balaban J connectivity index is 1.58. The molecule has 1 amide bonds. The van der Waals surface area contributed by atoms with E-state index in [1.807, 2.05) is 36.4 Å². The van der Waals surface area contributed by atoms with E-state index >= 15 is 0 Å². The van der Waals surface area contributed by atoms with Gasteiger partial charge in [-0.25, -0.2) is 0 Å². The predicted octanol–water partition coefficient (Wildman–Crippen LogP) is 3.16. The summed E-state index contributed by atoms with van der Waals surface area (Å²) in [5.41, 5.74) is 3.26. The molecule has 0 aliphatic carbocycles. The van der Waals surface area contributed by atoms with Crippen LogP contribution < -0.4 is 5.32 Å². The Morgan fingerprint density at radius 1 is 1.19 bits per heavy atom. The maximum absolute atomic E-state index is 12.1. The lowest BCUT2D eigenvalue weighted by Crippen LogP contribution is -2.36. The lowest BCUT2D eigenvalue weighted by Gasteiger charge is -2.25. The van der Waals surface area contributed by atoms with Gasteiger partial charge in [-0.3, -0.25) is 4.79 Å². The Labute approximate surface area is 137 Å². The number of hydrogen-bond donors (Lipinski definition) is 1. The summed E-state index contributed by atoms with van der Waals surface area (Å²) in [6.07, 6.45) is 0.898. The molecule has 108 valence electrons. The van der Waals surface area contributed by atoms with Gasteiger partial charge >= 0.3 is 0 Å². The Bertz CT molecular complexity index is 657. The minimum absolute atomic E-state index is 0.0454. The van der Waals surface area contributed by atoms with Crippen LogP contribution in [0.4, 0.5) is 0 Å². The van der Waals surface area contributed by atoms with Crippen molar-refractivity contribution in [3.05, 3.63) is 68.8 Å². The van der Waals surface area contributed by atoms with Gasteiger partial charge in [0.25, 0.3) is 5.91 Å². The molecule has 0 fully saturated rings. The fourth-order valence-corrected chi connectivity index (χ4v) is 3.02. The van der Waals surface area contributed by atoms with Crippen molar-refractivity contribution in [1.82, 2.24) is 5.32 Å². The third-order valence-electron chi connectivity index (χ3n) is 3.62. The van der Waals surface area contributed by atoms with Crippen LogP contribution in [-0.4, -0.2) is 18.6 Å². The van der Waals surface area contributed by atoms with Gasteiger partial charge in [0, 0.05) is 22.1 Å². The van der Waals surface area contributed by atoms with Crippen LogP contribution >= 0.6 is 22.6 Å². The summed E-state index contributed by atoms with van der Waals surface area (Å²) in [6.45, 7) is 1.17. The number of ether oxygens (including phenoxy) is 1. The molecule has 0 aromatic heterocycles. The summed E-state index contributed by atoms with van der Waals surface area (Å²) in [5, 5.41) is 2.96. The van der Waals surface area contributed by atoms with Crippen LogP contribution in [0.3, 0.4) is 0 Å². The zero-order valence-corrected chi connectivity index (χ0v) is 13.7. The molecule has 2 aromatic rings. The fraction of sp³-hybridized carbons (Fsp3) is 0.235. The van der Waals surface area contributed by atoms with E-state index in [2.05, 4.69) is 40.0 Å². The number of benzene rings is 2. The van der Waals surface area contributed by atoms with Crippen molar-refractivity contribution in [3.63, 3.8) is 0 Å². The van der Waals surface area contributed by atoms with Crippen LogP contribution in [0.2, 0.25) is 0 Å². The van der Waals surface area contributed by atoms with Gasteiger partial charge in [-0.2, -0.15) is 0 Å². The number of amides is 1. The average Bonchev–Trinajstić information content (AvgIpc) is 2.52. The highest BCUT2D eigenvalue weighted by molar-refractivity contribution is 14.1. The van der Waals surface area contributed by atoms with Crippen LogP contribution in [0, 0.1) is 3.57 Å². The molecule has 21 heavy (non-hydrogen) atoms. The first kappa shape index (κ1) is 14.5. The van der Waals surface area contributed by atoms with Gasteiger partial charge < -0.3 is 10.1 Å². The van der Waals surface area contributed by atoms with Crippen molar-refractivity contribution in [2.75, 3.05) is 6.54 Å². The summed E-state index contributed by atoms with van der Waals surface area (Å²) >= 11 is 2.21. The van der Waals surface area contributed by atoms with Crippen molar-refractivity contribution in [3.8, 4) is 0 Å². The molecule has 1 unspecified atom stereocenters. The second-order valence-corrected chi connectivity index (χ2v) is 6.37. The summed E-state index contributed by atoms with van der Waals surface area (Å²) in [4.78, 5) is 12.1. The molecule has 0 saturated carbocycles. The molecule has 0 spiro atoms. The normalized spacial score (nSPS) is 17.1. The lowest BCUT2D eigenvalue weighted by molar-refractivity contribution is 0.0285. The number of nitrogens with one attached hydrogen (secondary N) is 1. The van der Waals surface area contributed by atoms with Gasteiger partial charge in [0.1, 0.15) is 0 Å². The number of carbonyl (C=O) groups is 1. The summed E-state index contributed by atoms with van der Waals surface area (Å²) < 4.78 is 6.86. The van der Waals surface area contributed by atoms with Crippen molar-refractivity contribution < 1.29 is 9.53 Å². The van der Waals surface area contributed by atoms with E-state index in [0.29, 0.717) is 18.7 Å². The minimum Gasteiger partial charge on any atom is -0.371 e. The van der Waals surface area contributed by atoms with E-state index in [0.717, 1.165) is 9.99 Å². The maximum atomic E-state index is 12.1. The molecule has 0 bridgehead atoms. The van der Waals surface area contributed by atoms with Gasteiger partial charge in [-0.15, -0.1) is 0 Å². The highest BCUT2D eigenvalue weighted by atomic mass is 127. The van der Waals surface area contributed by atoms with Gasteiger partial charge in [-0.1, -0.05) is 30.3 Å². The van der Waals surface area contributed by atoms with E-state index in [1.165, 1.54) is 11.1 Å². The van der Waals surface area contributed by atoms with Gasteiger partial charge in [0.2, 0.25) is 0 Å². The number of carbonyl (C=O) groups excluding carboxylic acids is 1. The molecule has 3 nitrogen and oxygen atoms in total. The molecule has 1 aliphatic heterocycles. The Morgan fingerprint density at radius 2 is 2.00 bits per heavy atom. The highest BCUT2D eigenvalue weighted by Gasteiger charge is 2.19. The molecule has 1 aliphatic rings. The van der Waals surface area contributed by atoms with Gasteiger partial charge in [0.15, 0.2) is 0 Å². The van der Waals surface area contributed by atoms with E-state index in [1.54, 1.807) is 0 Å². The Morgan fingerprint density at radius 3 is 2.81 bits per heavy atom. The summed E-state index contributed by atoms with van der Waals surface area (Å²) in [6, 6.07) is 15.9. The zero-order valence-electron chi connectivity index (χ0n) is 11.5. The van der Waals surface area contributed by atoms with Crippen LogP contribution in [0.25, 0.3) is 0 Å². The SMILES string of the molecule is O=C(NCC1Cc2ccccc2CO1)c1cccc(I)c1. The van der Waals surface area contributed by atoms with E-state index < -0.39 is 0 Å². The number of rotatable bonds is 3. The molecule has 1 heterocycles. The topological polar surface area (TPSA) is 38.3 Å². The molecule has 1 N–H and O–H groups in total. The van der Waals surface area contributed by atoms with Crippen LogP contribution in [0.1, 0.15) is 21.5 Å². The molecule has 3 rings (SSSR count). The van der Waals surface area contributed by atoms with E-state index in [4.69, 9.17) is 4.74 Å². The van der Waals surface area contributed by atoms with Crippen LogP contribution in [0.5, 0.6) is 0 Å². The second-order valence-electron chi connectivity index (χ2n) is 5.13. The fourth-order valence-electron chi connectivity index (χ4n) is 2.48. The number of hydrogen-bond acceptors (Lipinski definition) is 2. The molecular weight excluding hydrogens is 377 g/mol. The molecule has 0 saturated heterocycles. The largest absolute Gasteiger partial charge is 0.371 e. The van der Waals surface area contributed by atoms with Crippen LogP contribution in [-0.2, 0) is 17.8 Å². The monoisotopic (exact) mass is 393 g/mol. The Kier molecular flexibility index (Phi) is 4.55. The quantitative estimate of drug-likeness (QED) is 0.814. The average molecular weight is 393 g/mol.